The van der Waals surface area contributed by atoms with Crippen LogP contribution < -0.4 is 10.6 Å². The molecule has 0 atom stereocenters. The lowest BCUT2D eigenvalue weighted by Gasteiger charge is -2.25. The number of pyridine rings is 1. The van der Waals surface area contributed by atoms with Gasteiger partial charge in [-0.3, -0.25) is 10.1 Å². The number of amides is 1. The molecule has 0 saturated carbocycles. The second-order valence-electron chi connectivity index (χ2n) is 7.46. The molecule has 9 heteroatoms. The zero-order valence-electron chi connectivity index (χ0n) is 15.2. The maximum atomic E-state index is 12.6. The van der Waals surface area contributed by atoms with E-state index < -0.39 is 23.2 Å². The molecule has 0 spiro atoms. The van der Waals surface area contributed by atoms with Gasteiger partial charge in [0, 0.05) is 17.7 Å². The average molecular weight is 370 g/mol. The van der Waals surface area contributed by atoms with Crippen molar-refractivity contribution in [3.05, 3.63) is 35.7 Å². The predicted molar refractivity (Wildman–Crippen MR) is 90.8 cm³/mol. The molecule has 0 aliphatic heterocycles. The van der Waals surface area contributed by atoms with Gasteiger partial charge in [0.15, 0.2) is 0 Å². The summed E-state index contributed by atoms with van der Waals surface area (Å²) in [6.07, 6.45) is -3.75. The Hall–Kier alpha value is -2.58. The molecule has 6 nitrogen and oxygen atoms in total. The van der Waals surface area contributed by atoms with E-state index in [0.29, 0.717) is 11.9 Å². The molecule has 142 valence electrons. The maximum absolute atomic E-state index is 12.6. The number of alkyl halides is 3. The highest BCUT2D eigenvalue weighted by Crippen LogP contribution is 2.29. The Morgan fingerprint density at radius 1 is 1.12 bits per heavy atom. The van der Waals surface area contributed by atoms with Gasteiger partial charge in [-0.2, -0.15) is 13.2 Å². The monoisotopic (exact) mass is 370 g/mol. The highest BCUT2D eigenvalue weighted by molar-refractivity contribution is 5.98. The molecule has 1 amide bonds. The van der Waals surface area contributed by atoms with Gasteiger partial charge in [0.1, 0.15) is 11.4 Å². The molecule has 2 aromatic rings. The van der Waals surface area contributed by atoms with Crippen LogP contribution >= 0.6 is 0 Å². The van der Waals surface area contributed by atoms with Crippen LogP contribution in [-0.2, 0) is 16.4 Å². The largest absolute Gasteiger partial charge is 0.417 e. The van der Waals surface area contributed by atoms with Crippen molar-refractivity contribution in [1.29, 1.82) is 0 Å². The first kappa shape index (κ1) is 19.7. The number of nitrogens with zero attached hydrogens (tertiary/aromatic N) is 2. The van der Waals surface area contributed by atoms with Gasteiger partial charge in [0.25, 0.3) is 5.91 Å². The minimum atomic E-state index is -4.46. The van der Waals surface area contributed by atoms with Crippen LogP contribution in [0.3, 0.4) is 0 Å². The fourth-order valence-electron chi connectivity index (χ4n) is 1.97. The highest BCUT2D eigenvalue weighted by atomic mass is 19.4. The van der Waals surface area contributed by atoms with Crippen LogP contribution in [0.15, 0.2) is 28.9 Å². The predicted octanol–water partition coefficient (Wildman–Crippen LogP) is 4.22. The Labute approximate surface area is 149 Å². The van der Waals surface area contributed by atoms with Crippen LogP contribution in [0.5, 0.6) is 0 Å². The van der Waals surface area contributed by atoms with Crippen molar-refractivity contribution < 1.29 is 22.5 Å². The Morgan fingerprint density at radius 2 is 1.77 bits per heavy atom. The molecular weight excluding hydrogens is 349 g/mol. The van der Waals surface area contributed by atoms with Gasteiger partial charge < -0.3 is 9.84 Å². The molecular formula is C17H21F3N4O2. The Bertz CT molecular complexity index is 775. The molecule has 0 aromatic carbocycles. The van der Waals surface area contributed by atoms with Crippen molar-refractivity contribution in [1.82, 2.24) is 10.1 Å². The highest BCUT2D eigenvalue weighted by Gasteiger charge is 2.32. The van der Waals surface area contributed by atoms with Crippen molar-refractivity contribution >= 4 is 17.6 Å². The lowest BCUT2D eigenvalue weighted by molar-refractivity contribution is -0.137. The second kappa shape index (κ2) is 6.62. The topological polar surface area (TPSA) is 80.0 Å². The van der Waals surface area contributed by atoms with Crippen LogP contribution in [0.1, 0.15) is 45.9 Å². The van der Waals surface area contributed by atoms with Gasteiger partial charge in [-0.15, -0.1) is 0 Å². The van der Waals surface area contributed by atoms with Crippen molar-refractivity contribution in [2.75, 3.05) is 10.6 Å². The third kappa shape index (κ3) is 4.74. The molecule has 0 bridgehead atoms. The molecule has 0 radical (unpaired) electrons. The fourth-order valence-corrected chi connectivity index (χ4v) is 1.97. The van der Waals surface area contributed by atoms with Gasteiger partial charge >= 0.3 is 6.18 Å². The number of hydrogen-bond donors (Lipinski definition) is 2. The van der Waals surface area contributed by atoms with E-state index in [1.165, 1.54) is 6.07 Å². The van der Waals surface area contributed by atoms with E-state index in [1.54, 1.807) is 19.9 Å². The lowest BCUT2D eigenvalue weighted by Crippen LogP contribution is -2.44. The number of nitrogens with one attached hydrogen (secondary N) is 2. The summed E-state index contributed by atoms with van der Waals surface area (Å²) in [6.45, 7) is 9.01. The van der Waals surface area contributed by atoms with Gasteiger partial charge in [-0.25, -0.2) is 4.98 Å². The van der Waals surface area contributed by atoms with Crippen LogP contribution in [0.25, 0.3) is 0 Å². The summed E-state index contributed by atoms with van der Waals surface area (Å²) in [5.74, 6) is -0.114. The minimum Gasteiger partial charge on any atom is -0.356 e. The summed E-state index contributed by atoms with van der Waals surface area (Å²) in [7, 11) is 0. The van der Waals surface area contributed by atoms with E-state index >= 15 is 0 Å². The summed E-state index contributed by atoms with van der Waals surface area (Å²) in [6, 6.07) is 3.70. The molecule has 0 fully saturated rings. The smallest absolute Gasteiger partial charge is 0.356 e. The van der Waals surface area contributed by atoms with Gasteiger partial charge in [-0.1, -0.05) is 25.9 Å². The fraction of sp³-hybridized carbons (Fsp3) is 0.471. The van der Waals surface area contributed by atoms with E-state index in [-0.39, 0.29) is 17.1 Å². The van der Waals surface area contributed by atoms with Crippen LogP contribution in [-0.4, -0.2) is 21.6 Å². The summed E-state index contributed by atoms with van der Waals surface area (Å²) < 4.78 is 42.8. The molecule has 26 heavy (non-hydrogen) atoms. The number of rotatable bonds is 4. The van der Waals surface area contributed by atoms with E-state index in [2.05, 4.69) is 20.8 Å². The van der Waals surface area contributed by atoms with E-state index in [9.17, 15) is 18.0 Å². The molecule has 0 aliphatic carbocycles. The summed E-state index contributed by atoms with van der Waals surface area (Å²) in [5, 5.41) is 9.30. The normalized spacial score (nSPS) is 12.8. The first-order valence-corrected chi connectivity index (χ1v) is 7.89. The van der Waals surface area contributed by atoms with E-state index in [0.717, 1.165) is 6.07 Å². The number of anilines is 2. The molecule has 0 saturated heterocycles. The third-order valence-electron chi connectivity index (χ3n) is 3.61. The number of hydrogen-bond acceptors (Lipinski definition) is 5. The Morgan fingerprint density at radius 3 is 2.23 bits per heavy atom. The van der Waals surface area contributed by atoms with Gasteiger partial charge in [0.2, 0.25) is 5.88 Å². The second-order valence-corrected chi connectivity index (χ2v) is 7.46. The van der Waals surface area contributed by atoms with Crippen molar-refractivity contribution in [2.24, 2.45) is 0 Å². The average Bonchev–Trinajstić information content (AvgIpc) is 2.95. The minimum absolute atomic E-state index is 0.145. The molecule has 2 aromatic heterocycles. The zero-order valence-corrected chi connectivity index (χ0v) is 15.2. The summed E-state index contributed by atoms with van der Waals surface area (Å²) in [4.78, 5) is 16.2. The standard InChI is InChI=1S/C17H21F3N4O2/c1-15(2,3)11-8-13(26-24-11)22-14(25)16(4,5)23-12-7-6-10(9-21-12)17(18,19)20/h6-9H,1-5H3,(H,21,23)(H,22,25). The molecule has 0 unspecified atom stereocenters. The zero-order chi connectivity index (χ0) is 19.8. The number of aromatic nitrogens is 2. The first-order valence-electron chi connectivity index (χ1n) is 7.89. The molecule has 0 aliphatic rings. The third-order valence-corrected chi connectivity index (χ3v) is 3.61. The number of carbonyl (C=O) groups is 1. The van der Waals surface area contributed by atoms with E-state index in [1.807, 2.05) is 20.8 Å². The quantitative estimate of drug-likeness (QED) is 0.843. The van der Waals surface area contributed by atoms with Crippen molar-refractivity contribution in [3.63, 3.8) is 0 Å². The lowest BCUT2D eigenvalue weighted by atomic mass is 9.92. The van der Waals surface area contributed by atoms with Crippen LogP contribution in [0, 0.1) is 0 Å². The van der Waals surface area contributed by atoms with Crippen molar-refractivity contribution in [2.45, 2.75) is 51.7 Å². The van der Waals surface area contributed by atoms with Gasteiger partial charge in [-0.05, 0) is 26.0 Å². The van der Waals surface area contributed by atoms with Crippen molar-refractivity contribution in [3.8, 4) is 0 Å². The maximum Gasteiger partial charge on any atom is 0.417 e. The number of halogens is 3. The van der Waals surface area contributed by atoms with E-state index in [4.69, 9.17) is 4.52 Å². The van der Waals surface area contributed by atoms with Crippen LogP contribution in [0.2, 0.25) is 0 Å². The van der Waals surface area contributed by atoms with Gasteiger partial charge in [0.05, 0.1) is 11.3 Å². The number of carbonyl (C=O) groups excluding carboxylic acids is 1. The Kier molecular flexibility index (Phi) is 5.03. The first-order chi connectivity index (χ1) is 11.8. The van der Waals surface area contributed by atoms with Crippen LogP contribution in [0.4, 0.5) is 24.9 Å². The molecule has 2 rings (SSSR count). The Balaban J connectivity index is 2.07. The summed E-state index contributed by atoms with van der Waals surface area (Å²) in [5.41, 5.74) is -1.56. The SMILES string of the molecule is CC(C)(Nc1ccc(C(F)(F)F)cn1)C(=O)Nc1cc(C(C)(C)C)no1. The summed E-state index contributed by atoms with van der Waals surface area (Å²) >= 11 is 0. The molecule has 2 N–H and O–H groups in total. The molecule has 2 heterocycles.